The number of hydrogen-bond acceptors (Lipinski definition) is 2. The highest BCUT2D eigenvalue weighted by molar-refractivity contribution is 14.1. The third-order valence-corrected chi connectivity index (χ3v) is 5.57. The van der Waals surface area contributed by atoms with Crippen LogP contribution in [0, 0.1) is 9.49 Å². The number of nitrogens with zero attached hydrogens (tertiary/aromatic N) is 2. The summed E-state index contributed by atoms with van der Waals surface area (Å²) in [5.74, 6) is 0.706. The molecule has 2 fully saturated rings. The first kappa shape index (κ1) is 13.7. The van der Waals surface area contributed by atoms with Crippen molar-refractivity contribution in [3.05, 3.63) is 27.8 Å². The van der Waals surface area contributed by atoms with Gasteiger partial charge in [0.05, 0.1) is 5.69 Å². The number of fused-ring (bicyclic) bond motifs is 1. The fourth-order valence-electron chi connectivity index (χ4n) is 3.58. The monoisotopic (exact) mass is 370 g/mol. The van der Waals surface area contributed by atoms with Crippen LogP contribution in [-0.4, -0.2) is 36.6 Å². The molecule has 2 atom stereocenters. The summed E-state index contributed by atoms with van der Waals surface area (Å²) >= 11 is 2.48. The number of halogens is 1. The smallest absolute Gasteiger partial charge is 0.0505 e. The predicted molar refractivity (Wildman–Crippen MR) is 89.7 cm³/mol. The summed E-state index contributed by atoms with van der Waals surface area (Å²) in [5.41, 5.74) is 1.44. The zero-order chi connectivity index (χ0) is 13.4. The summed E-state index contributed by atoms with van der Waals surface area (Å²) in [6.07, 6.45) is 2.76. The zero-order valence-corrected chi connectivity index (χ0v) is 14.0. The molecule has 2 saturated heterocycles. The minimum absolute atomic E-state index is 0.658. The van der Waals surface area contributed by atoms with Crippen LogP contribution in [-0.2, 0) is 0 Å². The molecule has 19 heavy (non-hydrogen) atoms. The second kappa shape index (κ2) is 5.60. The molecule has 0 bridgehead atoms. The molecule has 0 amide bonds. The van der Waals surface area contributed by atoms with Crippen molar-refractivity contribution in [3.8, 4) is 0 Å². The fourth-order valence-corrected chi connectivity index (χ4v) is 4.27. The molecule has 0 aromatic heterocycles. The van der Waals surface area contributed by atoms with E-state index in [4.69, 9.17) is 0 Å². The highest BCUT2D eigenvalue weighted by Crippen LogP contribution is 2.33. The Morgan fingerprint density at radius 3 is 2.74 bits per heavy atom. The van der Waals surface area contributed by atoms with Crippen molar-refractivity contribution in [2.45, 2.75) is 38.8 Å². The Morgan fingerprint density at radius 2 is 2.00 bits per heavy atom. The standard InChI is InChI=1S/C16H23IN2/c1-12(2)16-11-18-9-5-6-13(18)10-19(16)15-8-4-3-7-14(15)17/h3-4,7-8,12-13,16H,5-6,9-11H2,1-2H3. The molecule has 104 valence electrons. The van der Waals surface area contributed by atoms with Crippen molar-refractivity contribution < 1.29 is 0 Å². The summed E-state index contributed by atoms with van der Waals surface area (Å²) in [6.45, 7) is 8.50. The van der Waals surface area contributed by atoms with Crippen molar-refractivity contribution >= 4 is 28.3 Å². The normalized spacial score (nSPS) is 27.9. The van der Waals surface area contributed by atoms with Crippen LogP contribution >= 0.6 is 22.6 Å². The van der Waals surface area contributed by atoms with Gasteiger partial charge in [0.2, 0.25) is 0 Å². The molecule has 0 radical (unpaired) electrons. The molecule has 0 spiro atoms. The second-order valence-corrected chi connectivity index (χ2v) is 7.37. The summed E-state index contributed by atoms with van der Waals surface area (Å²) < 4.78 is 1.39. The average molecular weight is 370 g/mol. The van der Waals surface area contributed by atoms with Crippen molar-refractivity contribution in [2.75, 3.05) is 24.5 Å². The molecule has 0 aliphatic carbocycles. The molecular weight excluding hydrogens is 347 g/mol. The van der Waals surface area contributed by atoms with Gasteiger partial charge in [0, 0.05) is 28.7 Å². The van der Waals surface area contributed by atoms with E-state index >= 15 is 0 Å². The van der Waals surface area contributed by atoms with Crippen LogP contribution < -0.4 is 4.90 Å². The highest BCUT2D eigenvalue weighted by atomic mass is 127. The maximum Gasteiger partial charge on any atom is 0.0505 e. The van der Waals surface area contributed by atoms with Crippen LogP contribution in [0.4, 0.5) is 5.69 Å². The van der Waals surface area contributed by atoms with E-state index in [1.54, 1.807) is 0 Å². The zero-order valence-electron chi connectivity index (χ0n) is 11.8. The van der Waals surface area contributed by atoms with Crippen molar-refractivity contribution in [1.82, 2.24) is 4.90 Å². The van der Waals surface area contributed by atoms with Crippen LogP contribution in [0.5, 0.6) is 0 Å². The summed E-state index contributed by atoms with van der Waals surface area (Å²) in [7, 11) is 0. The maximum atomic E-state index is 2.72. The van der Waals surface area contributed by atoms with Crippen LogP contribution in [0.15, 0.2) is 24.3 Å². The molecule has 1 aromatic rings. The number of piperazine rings is 1. The minimum Gasteiger partial charge on any atom is -0.365 e. The van der Waals surface area contributed by atoms with Crippen LogP contribution in [0.1, 0.15) is 26.7 Å². The molecule has 2 nitrogen and oxygen atoms in total. The summed E-state index contributed by atoms with van der Waals surface area (Å²) in [5, 5.41) is 0. The van der Waals surface area contributed by atoms with Gasteiger partial charge in [0.25, 0.3) is 0 Å². The largest absolute Gasteiger partial charge is 0.365 e. The van der Waals surface area contributed by atoms with Gasteiger partial charge < -0.3 is 4.90 Å². The summed E-state index contributed by atoms with van der Waals surface area (Å²) in [6, 6.07) is 10.3. The molecule has 1 aromatic carbocycles. The first-order valence-electron chi connectivity index (χ1n) is 7.42. The van der Waals surface area contributed by atoms with Gasteiger partial charge in [0.15, 0.2) is 0 Å². The van der Waals surface area contributed by atoms with E-state index < -0.39 is 0 Å². The molecule has 2 aliphatic heterocycles. The van der Waals surface area contributed by atoms with E-state index in [2.05, 4.69) is 70.5 Å². The second-order valence-electron chi connectivity index (χ2n) is 6.21. The lowest BCUT2D eigenvalue weighted by molar-refractivity contribution is 0.176. The van der Waals surface area contributed by atoms with Gasteiger partial charge in [-0.3, -0.25) is 4.90 Å². The molecule has 3 heteroatoms. The van der Waals surface area contributed by atoms with Gasteiger partial charge in [0.1, 0.15) is 0 Å². The first-order chi connectivity index (χ1) is 9.16. The van der Waals surface area contributed by atoms with E-state index in [0.29, 0.717) is 12.0 Å². The summed E-state index contributed by atoms with van der Waals surface area (Å²) in [4.78, 5) is 5.40. The first-order valence-corrected chi connectivity index (χ1v) is 8.50. The Balaban J connectivity index is 1.90. The molecule has 3 rings (SSSR count). The van der Waals surface area contributed by atoms with Gasteiger partial charge in [-0.15, -0.1) is 0 Å². The van der Waals surface area contributed by atoms with E-state index in [0.717, 1.165) is 6.04 Å². The lowest BCUT2D eigenvalue weighted by atomic mass is 9.96. The van der Waals surface area contributed by atoms with E-state index in [9.17, 15) is 0 Å². The van der Waals surface area contributed by atoms with Crippen LogP contribution in [0.3, 0.4) is 0 Å². The van der Waals surface area contributed by atoms with Crippen LogP contribution in [0.25, 0.3) is 0 Å². The SMILES string of the molecule is CC(C)C1CN2CCCC2CN1c1ccccc1I. The lowest BCUT2D eigenvalue weighted by Gasteiger charge is -2.47. The Morgan fingerprint density at radius 1 is 1.21 bits per heavy atom. The Bertz CT molecular complexity index is 446. The Hall–Kier alpha value is -0.290. The minimum atomic E-state index is 0.658. The predicted octanol–water partition coefficient (Wildman–Crippen LogP) is 3.60. The Labute approximate surface area is 130 Å². The van der Waals surface area contributed by atoms with Crippen molar-refractivity contribution in [3.63, 3.8) is 0 Å². The van der Waals surface area contributed by atoms with Gasteiger partial charge in [-0.05, 0) is 60.0 Å². The quantitative estimate of drug-likeness (QED) is 0.734. The third-order valence-electron chi connectivity index (χ3n) is 4.66. The molecule has 2 aliphatic rings. The number of para-hydroxylation sites is 1. The fraction of sp³-hybridized carbons (Fsp3) is 0.625. The molecular formula is C16H23IN2. The van der Waals surface area contributed by atoms with Gasteiger partial charge in [-0.2, -0.15) is 0 Å². The third kappa shape index (κ3) is 2.64. The number of hydrogen-bond donors (Lipinski definition) is 0. The molecule has 0 saturated carbocycles. The molecule has 2 unspecified atom stereocenters. The number of anilines is 1. The van der Waals surface area contributed by atoms with Gasteiger partial charge in [-0.1, -0.05) is 26.0 Å². The van der Waals surface area contributed by atoms with Crippen LogP contribution in [0.2, 0.25) is 0 Å². The van der Waals surface area contributed by atoms with Gasteiger partial charge >= 0.3 is 0 Å². The lowest BCUT2D eigenvalue weighted by Crippen LogP contribution is -2.58. The van der Waals surface area contributed by atoms with Crippen molar-refractivity contribution in [1.29, 1.82) is 0 Å². The van der Waals surface area contributed by atoms with E-state index in [-0.39, 0.29) is 0 Å². The topological polar surface area (TPSA) is 6.48 Å². The maximum absolute atomic E-state index is 2.72. The number of rotatable bonds is 2. The van der Waals surface area contributed by atoms with Gasteiger partial charge in [-0.25, -0.2) is 0 Å². The van der Waals surface area contributed by atoms with E-state index in [1.807, 2.05) is 0 Å². The average Bonchev–Trinajstić information content (AvgIpc) is 2.85. The van der Waals surface area contributed by atoms with E-state index in [1.165, 1.54) is 41.7 Å². The van der Waals surface area contributed by atoms with Crippen molar-refractivity contribution in [2.24, 2.45) is 5.92 Å². The molecule has 0 N–H and O–H groups in total. The number of benzene rings is 1. The molecule has 2 heterocycles. The highest BCUT2D eigenvalue weighted by Gasteiger charge is 2.37. The Kier molecular flexibility index (Phi) is 4.03.